The number of carbonyl (C=O) groups is 1. The van der Waals surface area contributed by atoms with Crippen molar-refractivity contribution in [3.63, 3.8) is 0 Å². The first kappa shape index (κ1) is 14.1. The molecule has 1 amide bonds. The van der Waals surface area contributed by atoms with Gasteiger partial charge in [0.25, 0.3) is 0 Å². The smallest absolute Gasteiger partial charge is 0.223 e. The molecule has 21 heavy (non-hydrogen) atoms. The Bertz CT molecular complexity index is 590. The third-order valence-electron chi connectivity index (χ3n) is 4.31. The summed E-state index contributed by atoms with van der Waals surface area (Å²) in [7, 11) is 1.65. The van der Waals surface area contributed by atoms with Gasteiger partial charge in [0.1, 0.15) is 10.7 Å². The van der Waals surface area contributed by atoms with E-state index < -0.39 is 0 Å². The number of carbonyl (C=O) groups excluding carboxylic acids is 1. The molecular formula is C15H19N3O2S. The van der Waals surface area contributed by atoms with Crippen molar-refractivity contribution in [2.75, 3.05) is 31.6 Å². The fraction of sp³-hybridized carbons (Fsp3) is 0.467. The van der Waals surface area contributed by atoms with Gasteiger partial charge in [0.15, 0.2) is 0 Å². The molecule has 2 saturated heterocycles. The van der Waals surface area contributed by atoms with Crippen LogP contribution in [-0.2, 0) is 4.79 Å². The van der Waals surface area contributed by atoms with E-state index >= 15 is 0 Å². The third-order valence-corrected chi connectivity index (χ3v) is 4.53. The number of thiocarbonyl (C=S) groups is 1. The second kappa shape index (κ2) is 5.52. The Labute approximate surface area is 129 Å². The summed E-state index contributed by atoms with van der Waals surface area (Å²) in [6.45, 7) is 2.39. The summed E-state index contributed by atoms with van der Waals surface area (Å²) in [5.74, 6) is 1.06. The Morgan fingerprint density at radius 2 is 2.24 bits per heavy atom. The van der Waals surface area contributed by atoms with E-state index in [0.717, 1.165) is 43.1 Å². The molecule has 0 radical (unpaired) electrons. The molecule has 1 aromatic rings. The molecule has 1 aromatic carbocycles. The molecule has 0 aromatic heterocycles. The highest BCUT2D eigenvalue weighted by Gasteiger charge is 2.36. The quantitative estimate of drug-likeness (QED) is 0.849. The minimum absolute atomic E-state index is 0.278. The van der Waals surface area contributed by atoms with E-state index in [4.69, 9.17) is 22.7 Å². The lowest BCUT2D eigenvalue weighted by atomic mass is 10.1. The van der Waals surface area contributed by atoms with Gasteiger partial charge in [-0.25, -0.2) is 0 Å². The van der Waals surface area contributed by atoms with E-state index in [1.807, 2.05) is 23.1 Å². The van der Waals surface area contributed by atoms with Crippen LogP contribution in [-0.4, -0.2) is 48.6 Å². The van der Waals surface area contributed by atoms with Crippen molar-refractivity contribution in [2.24, 2.45) is 5.73 Å². The first-order chi connectivity index (χ1) is 10.1. The largest absolute Gasteiger partial charge is 0.497 e. The van der Waals surface area contributed by atoms with Gasteiger partial charge < -0.3 is 20.3 Å². The molecule has 2 heterocycles. The number of amides is 1. The number of hydrogen-bond donors (Lipinski definition) is 1. The van der Waals surface area contributed by atoms with Crippen LogP contribution in [0.2, 0.25) is 0 Å². The zero-order chi connectivity index (χ0) is 15.0. The van der Waals surface area contributed by atoms with Gasteiger partial charge >= 0.3 is 0 Å². The van der Waals surface area contributed by atoms with E-state index in [1.165, 1.54) is 0 Å². The molecule has 3 rings (SSSR count). The number of anilines is 1. The van der Waals surface area contributed by atoms with Crippen LogP contribution in [0.4, 0.5) is 5.69 Å². The maximum Gasteiger partial charge on any atom is 0.223 e. The Morgan fingerprint density at radius 1 is 1.43 bits per heavy atom. The molecule has 0 aliphatic carbocycles. The van der Waals surface area contributed by atoms with Crippen molar-refractivity contribution in [2.45, 2.75) is 18.9 Å². The first-order valence-corrected chi connectivity index (χ1v) is 7.53. The minimum atomic E-state index is 0.278. The molecule has 0 spiro atoms. The number of fused-ring (bicyclic) bond motifs is 1. The Hall–Kier alpha value is -1.82. The van der Waals surface area contributed by atoms with Crippen LogP contribution in [0.3, 0.4) is 0 Å². The van der Waals surface area contributed by atoms with Crippen molar-refractivity contribution < 1.29 is 9.53 Å². The molecule has 2 aliphatic rings. The van der Waals surface area contributed by atoms with Crippen molar-refractivity contribution in [3.05, 3.63) is 23.8 Å². The van der Waals surface area contributed by atoms with Gasteiger partial charge in [-0.2, -0.15) is 0 Å². The van der Waals surface area contributed by atoms with Crippen LogP contribution in [0.1, 0.15) is 18.4 Å². The molecule has 2 aliphatic heterocycles. The van der Waals surface area contributed by atoms with Gasteiger partial charge in [-0.15, -0.1) is 0 Å². The van der Waals surface area contributed by atoms with Gasteiger partial charge in [-0.05, 0) is 18.6 Å². The fourth-order valence-electron chi connectivity index (χ4n) is 3.19. The third kappa shape index (κ3) is 2.55. The summed E-state index contributed by atoms with van der Waals surface area (Å²) in [5, 5.41) is 0. The first-order valence-electron chi connectivity index (χ1n) is 7.12. The minimum Gasteiger partial charge on any atom is -0.497 e. The number of benzene rings is 1. The summed E-state index contributed by atoms with van der Waals surface area (Å²) < 4.78 is 5.31. The van der Waals surface area contributed by atoms with Crippen molar-refractivity contribution >= 4 is 28.8 Å². The highest BCUT2D eigenvalue weighted by atomic mass is 32.1. The Kier molecular flexibility index (Phi) is 3.71. The van der Waals surface area contributed by atoms with Crippen LogP contribution in [0.5, 0.6) is 5.75 Å². The van der Waals surface area contributed by atoms with Crippen molar-refractivity contribution in [1.29, 1.82) is 0 Å². The molecule has 2 N–H and O–H groups in total. The summed E-state index contributed by atoms with van der Waals surface area (Å²) in [6.07, 6.45) is 1.60. The predicted molar refractivity (Wildman–Crippen MR) is 85.8 cm³/mol. The fourth-order valence-corrected chi connectivity index (χ4v) is 3.36. The molecule has 6 heteroatoms. The van der Waals surface area contributed by atoms with E-state index in [2.05, 4.69) is 4.90 Å². The SMILES string of the molecule is COc1ccc(C(N)=S)c(N2CCN3C(=O)CCC3C2)c1. The number of hydrogen-bond acceptors (Lipinski definition) is 4. The van der Waals surface area contributed by atoms with Crippen LogP contribution < -0.4 is 15.4 Å². The molecule has 0 bridgehead atoms. The topological polar surface area (TPSA) is 58.8 Å². The lowest BCUT2D eigenvalue weighted by molar-refractivity contribution is -0.129. The number of nitrogens with zero attached hydrogens (tertiary/aromatic N) is 2. The second-order valence-electron chi connectivity index (χ2n) is 5.47. The summed E-state index contributed by atoms with van der Waals surface area (Å²) in [6, 6.07) is 6.05. The van der Waals surface area contributed by atoms with Gasteiger partial charge in [0.05, 0.1) is 12.8 Å². The molecule has 1 unspecified atom stereocenters. The standard InChI is InChI=1S/C15H19N3O2S/c1-20-11-3-4-12(15(16)21)13(8-11)17-6-7-18-10(9-17)2-5-14(18)19/h3-4,8,10H,2,5-7,9H2,1H3,(H2,16,21). The Morgan fingerprint density at radius 3 is 2.95 bits per heavy atom. The van der Waals surface area contributed by atoms with Gasteiger partial charge in [-0.3, -0.25) is 4.79 Å². The van der Waals surface area contributed by atoms with Crippen molar-refractivity contribution in [3.8, 4) is 5.75 Å². The molecule has 0 saturated carbocycles. The maximum absolute atomic E-state index is 11.8. The van der Waals surface area contributed by atoms with E-state index in [9.17, 15) is 4.79 Å². The number of ether oxygens (including phenoxy) is 1. The summed E-state index contributed by atoms with van der Waals surface area (Å²) in [4.78, 5) is 16.4. The predicted octanol–water partition coefficient (Wildman–Crippen LogP) is 1.14. The number of methoxy groups -OCH3 is 1. The molecule has 112 valence electrons. The van der Waals surface area contributed by atoms with E-state index in [-0.39, 0.29) is 5.91 Å². The highest BCUT2D eigenvalue weighted by molar-refractivity contribution is 7.80. The van der Waals surface area contributed by atoms with Gasteiger partial charge in [0, 0.05) is 43.7 Å². The molecule has 5 nitrogen and oxygen atoms in total. The average Bonchev–Trinajstić information content (AvgIpc) is 2.87. The maximum atomic E-state index is 11.8. The summed E-state index contributed by atoms with van der Waals surface area (Å²) in [5.41, 5.74) is 7.71. The highest BCUT2D eigenvalue weighted by Crippen LogP contribution is 2.31. The van der Waals surface area contributed by atoms with Gasteiger partial charge in [0.2, 0.25) is 5.91 Å². The number of rotatable bonds is 3. The van der Waals surface area contributed by atoms with Crippen LogP contribution in [0.15, 0.2) is 18.2 Å². The zero-order valence-corrected chi connectivity index (χ0v) is 12.9. The number of piperazine rings is 1. The molecular weight excluding hydrogens is 286 g/mol. The Balaban J connectivity index is 1.89. The lowest BCUT2D eigenvalue weighted by Gasteiger charge is -2.39. The number of nitrogens with two attached hydrogens (primary N) is 1. The molecule has 1 atom stereocenters. The monoisotopic (exact) mass is 305 g/mol. The second-order valence-corrected chi connectivity index (χ2v) is 5.91. The normalized spacial score (nSPS) is 21.4. The molecule has 2 fully saturated rings. The van der Waals surface area contributed by atoms with Crippen LogP contribution in [0, 0.1) is 0 Å². The average molecular weight is 305 g/mol. The van der Waals surface area contributed by atoms with Crippen molar-refractivity contribution in [1.82, 2.24) is 4.90 Å². The van der Waals surface area contributed by atoms with E-state index in [0.29, 0.717) is 17.5 Å². The summed E-state index contributed by atoms with van der Waals surface area (Å²) >= 11 is 5.16. The zero-order valence-electron chi connectivity index (χ0n) is 12.0. The van der Waals surface area contributed by atoms with Crippen LogP contribution in [0.25, 0.3) is 0 Å². The lowest BCUT2D eigenvalue weighted by Crippen LogP contribution is -2.51. The van der Waals surface area contributed by atoms with E-state index in [1.54, 1.807) is 7.11 Å². The van der Waals surface area contributed by atoms with Gasteiger partial charge in [-0.1, -0.05) is 12.2 Å². The van der Waals surface area contributed by atoms with Crippen LogP contribution >= 0.6 is 12.2 Å².